The van der Waals surface area contributed by atoms with E-state index in [4.69, 9.17) is 0 Å². The molecule has 0 heterocycles. The number of rotatable bonds is 3. The summed E-state index contributed by atoms with van der Waals surface area (Å²) in [5, 5.41) is 1.28. The summed E-state index contributed by atoms with van der Waals surface area (Å²) in [6.45, 7) is 9.74. The highest BCUT2D eigenvalue weighted by Gasteiger charge is 2.02. The van der Waals surface area contributed by atoms with Crippen molar-refractivity contribution in [3.8, 4) is 0 Å². The fourth-order valence-electron chi connectivity index (χ4n) is 0.755. The predicted molar refractivity (Wildman–Crippen MR) is 55.5 cm³/mol. The lowest BCUT2D eigenvalue weighted by atomic mass is 10.2. The van der Waals surface area contributed by atoms with Crippen LogP contribution >= 0.6 is 11.8 Å². The van der Waals surface area contributed by atoms with Gasteiger partial charge in [-0.1, -0.05) is 27.7 Å². The summed E-state index contributed by atoms with van der Waals surface area (Å²) < 4.78 is 0. The van der Waals surface area contributed by atoms with E-state index >= 15 is 0 Å². The number of aliphatic imine (C=N–C) groups is 1. The van der Waals surface area contributed by atoms with Crippen molar-refractivity contribution < 1.29 is 0 Å². The molecule has 0 aromatic heterocycles. The minimum absolute atomic E-state index is 0.587. The molecule has 2 heteroatoms. The zero-order chi connectivity index (χ0) is 8.85. The van der Waals surface area contributed by atoms with Crippen molar-refractivity contribution in [1.82, 2.24) is 0 Å². The maximum atomic E-state index is 4.52. The Morgan fingerprint density at radius 3 is 2.09 bits per heavy atom. The second kappa shape index (κ2) is 5.64. The summed E-state index contributed by atoms with van der Waals surface area (Å²) in [5.41, 5.74) is 0. The van der Waals surface area contributed by atoms with Crippen LogP contribution in [-0.4, -0.2) is 17.8 Å². The van der Waals surface area contributed by atoms with E-state index in [2.05, 4.69) is 38.9 Å². The third-order valence-corrected chi connectivity index (χ3v) is 2.33. The predicted octanol–water partition coefficient (Wildman–Crippen LogP) is 3.06. The van der Waals surface area contributed by atoms with Crippen LogP contribution in [0.3, 0.4) is 0 Å². The molecule has 0 aliphatic rings. The lowest BCUT2D eigenvalue weighted by Crippen LogP contribution is -2.04. The first-order chi connectivity index (χ1) is 5.07. The molecule has 0 spiro atoms. The lowest BCUT2D eigenvalue weighted by molar-refractivity contribution is 0.663. The van der Waals surface area contributed by atoms with Gasteiger partial charge in [-0.3, -0.25) is 4.99 Å². The molecule has 0 N–H and O–H groups in total. The van der Waals surface area contributed by atoms with E-state index in [-0.39, 0.29) is 0 Å². The smallest absolute Gasteiger partial charge is 0.0698 e. The van der Waals surface area contributed by atoms with E-state index in [1.165, 1.54) is 5.04 Å². The first-order valence-electron chi connectivity index (χ1n) is 4.16. The Bertz CT molecular complexity index is 128. The molecule has 0 aromatic rings. The molecule has 0 fully saturated rings. The normalized spacial score (nSPS) is 13.2. The Morgan fingerprint density at radius 2 is 1.82 bits per heavy atom. The van der Waals surface area contributed by atoms with Crippen LogP contribution in [0.4, 0.5) is 0 Å². The van der Waals surface area contributed by atoms with Crippen molar-refractivity contribution in [3.05, 3.63) is 0 Å². The topological polar surface area (TPSA) is 12.4 Å². The lowest BCUT2D eigenvalue weighted by Gasteiger charge is -2.07. The summed E-state index contributed by atoms with van der Waals surface area (Å²) in [5.74, 6) is 1.26. The van der Waals surface area contributed by atoms with Gasteiger partial charge in [-0.25, -0.2) is 0 Å². The Labute approximate surface area is 74.7 Å². The molecule has 0 saturated heterocycles. The van der Waals surface area contributed by atoms with Crippen LogP contribution in [0.2, 0.25) is 0 Å². The fourth-order valence-corrected chi connectivity index (χ4v) is 1.43. The van der Waals surface area contributed by atoms with Crippen LogP contribution < -0.4 is 0 Å². The molecule has 11 heavy (non-hydrogen) atoms. The standard InChI is InChI=1S/C9H19NS/c1-7(2)6-10-9(11-5)8(3)4/h7-8H,6H2,1-5H3/b10-9+. The van der Waals surface area contributed by atoms with Gasteiger partial charge >= 0.3 is 0 Å². The molecule has 0 unspecified atom stereocenters. The van der Waals surface area contributed by atoms with Crippen LogP contribution in [0.15, 0.2) is 4.99 Å². The van der Waals surface area contributed by atoms with Crippen molar-refractivity contribution in [2.24, 2.45) is 16.8 Å². The van der Waals surface area contributed by atoms with Crippen LogP contribution in [0.1, 0.15) is 27.7 Å². The molecule has 0 aliphatic carbocycles. The third kappa shape index (κ3) is 5.31. The van der Waals surface area contributed by atoms with E-state index < -0.39 is 0 Å². The van der Waals surface area contributed by atoms with Gasteiger partial charge in [0.05, 0.1) is 5.04 Å². The van der Waals surface area contributed by atoms with Crippen molar-refractivity contribution in [2.45, 2.75) is 27.7 Å². The molecule has 1 nitrogen and oxygen atoms in total. The third-order valence-electron chi connectivity index (χ3n) is 1.32. The molecule has 0 rings (SSSR count). The van der Waals surface area contributed by atoms with Gasteiger partial charge in [-0.15, -0.1) is 11.8 Å². The average molecular weight is 173 g/mol. The van der Waals surface area contributed by atoms with Crippen LogP contribution in [0.25, 0.3) is 0 Å². The molecule has 0 saturated carbocycles. The largest absolute Gasteiger partial charge is 0.282 e. The van der Waals surface area contributed by atoms with E-state index in [0.717, 1.165) is 6.54 Å². The van der Waals surface area contributed by atoms with Crippen LogP contribution in [-0.2, 0) is 0 Å². The maximum Gasteiger partial charge on any atom is 0.0698 e. The first kappa shape index (κ1) is 11.0. The highest BCUT2D eigenvalue weighted by Crippen LogP contribution is 2.09. The summed E-state index contributed by atoms with van der Waals surface area (Å²) in [7, 11) is 0. The molecule has 0 amide bonds. The minimum atomic E-state index is 0.587. The van der Waals surface area contributed by atoms with Gasteiger partial charge in [0, 0.05) is 12.5 Å². The van der Waals surface area contributed by atoms with Crippen LogP contribution in [0.5, 0.6) is 0 Å². The Balaban J connectivity index is 3.91. The molecule has 0 atom stereocenters. The first-order valence-corrected chi connectivity index (χ1v) is 5.38. The van der Waals surface area contributed by atoms with Gasteiger partial charge in [0.1, 0.15) is 0 Å². The zero-order valence-corrected chi connectivity index (χ0v) is 9.03. The monoisotopic (exact) mass is 173 g/mol. The second-order valence-electron chi connectivity index (χ2n) is 3.43. The minimum Gasteiger partial charge on any atom is -0.282 e. The Morgan fingerprint density at radius 1 is 1.27 bits per heavy atom. The van der Waals surface area contributed by atoms with Gasteiger partial charge < -0.3 is 0 Å². The highest BCUT2D eigenvalue weighted by molar-refractivity contribution is 8.13. The van der Waals surface area contributed by atoms with Gasteiger partial charge in [0.15, 0.2) is 0 Å². The number of thioether (sulfide) groups is 1. The Kier molecular flexibility index (Phi) is 5.65. The van der Waals surface area contributed by atoms with E-state index in [9.17, 15) is 0 Å². The quantitative estimate of drug-likeness (QED) is 0.472. The van der Waals surface area contributed by atoms with E-state index in [1.807, 2.05) is 0 Å². The van der Waals surface area contributed by atoms with Crippen molar-refractivity contribution in [1.29, 1.82) is 0 Å². The molecule has 0 radical (unpaired) electrons. The molecular weight excluding hydrogens is 154 g/mol. The molecular formula is C9H19NS. The summed E-state index contributed by atoms with van der Waals surface area (Å²) >= 11 is 1.77. The molecule has 0 bridgehead atoms. The molecule has 0 aliphatic heterocycles. The SMILES string of the molecule is CS/C(=N/CC(C)C)C(C)C. The fraction of sp³-hybridized carbons (Fsp3) is 0.889. The van der Waals surface area contributed by atoms with Crippen molar-refractivity contribution in [3.63, 3.8) is 0 Å². The van der Waals surface area contributed by atoms with Crippen molar-refractivity contribution in [2.75, 3.05) is 12.8 Å². The van der Waals surface area contributed by atoms with Gasteiger partial charge in [-0.2, -0.15) is 0 Å². The van der Waals surface area contributed by atoms with Gasteiger partial charge in [-0.05, 0) is 12.2 Å². The number of hydrogen-bond acceptors (Lipinski definition) is 2. The van der Waals surface area contributed by atoms with Gasteiger partial charge in [0.2, 0.25) is 0 Å². The molecule has 0 aromatic carbocycles. The Hall–Kier alpha value is 0.0200. The van der Waals surface area contributed by atoms with Crippen LogP contribution in [0, 0.1) is 11.8 Å². The maximum absolute atomic E-state index is 4.52. The van der Waals surface area contributed by atoms with Crippen molar-refractivity contribution >= 4 is 16.8 Å². The summed E-state index contributed by atoms with van der Waals surface area (Å²) in [4.78, 5) is 4.52. The molecule has 66 valence electrons. The second-order valence-corrected chi connectivity index (χ2v) is 4.26. The van der Waals surface area contributed by atoms with Gasteiger partial charge in [0.25, 0.3) is 0 Å². The number of nitrogens with zero attached hydrogens (tertiary/aromatic N) is 1. The zero-order valence-electron chi connectivity index (χ0n) is 8.22. The highest BCUT2D eigenvalue weighted by atomic mass is 32.2. The summed E-state index contributed by atoms with van der Waals surface area (Å²) in [6.07, 6.45) is 2.10. The number of hydrogen-bond donors (Lipinski definition) is 0. The average Bonchev–Trinajstić information content (AvgIpc) is 1.87. The van der Waals surface area contributed by atoms with E-state index in [0.29, 0.717) is 11.8 Å². The van der Waals surface area contributed by atoms with E-state index in [1.54, 1.807) is 11.8 Å². The summed E-state index contributed by atoms with van der Waals surface area (Å²) in [6, 6.07) is 0.